The normalized spacial score (nSPS) is 15.6. The molecule has 1 aromatic rings. The van der Waals surface area contributed by atoms with Gasteiger partial charge in [-0.1, -0.05) is 17.8 Å². The van der Waals surface area contributed by atoms with Crippen LogP contribution < -0.4 is 0 Å². The predicted molar refractivity (Wildman–Crippen MR) is 64.1 cm³/mol. The lowest BCUT2D eigenvalue weighted by molar-refractivity contribution is -0.114. The summed E-state index contributed by atoms with van der Waals surface area (Å²) in [6, 6.07) is 6.44. The molecule has 1 aliphatic rings. The smallest absolute Gasteiger partial charge is 0.156 e. The first kappa shape index (κ1) is 10.5. The maximum absolute atomic E-state index is 11.1. The fraction of sp³-hybridized carbons (Fsp3) is 0.308. The van der Waals surface area contributed by atoms with Crippen LogP contribution in [0.1, 0.15) is 24.0 Å². The first-order chi connectivity index (χ1) is 7.15. The molecule has 0 fully saturated rings. The Morgan fingerprint density at radius 2 is 1.93 bits per heavy atom. The van der Waals surface area contributed by atoms with Crippen LogP contribution in [-0.4, -0.2) is 5.78 Å². The topological polar surface area (TPSA) is 17.1 Å². The second-order valence-corrected chi connectivity index (χ2v) is 5.12. The van der Waals surface area contributed by atoms with E-state index in [1.54, 1.807) is 17.8 Å². The molecule has 1 aromatic carbocycles. The van der Waals surface area contributed by atoms with Gasteiger partial charge in [0.05, 0.1) is 0 Å². The third-order valence-electron chi connectivity index (χ3n) is 2.67. The monoisotopic (exact) mass is 218 g/mol. The number of hydrogen-bond acceptors (Lipinski definition) is 2. The van der Waals surface area contributed by atoms with E-state index in [0.29, 0.717) is 6.42 Å². The van der Waals surface area contributed by atoms with E-state index in [0.717, 1.165) is 6.42 Å². The van der Waals surface area contributed by atoms with Gasteiger partial charge in [-0.15, -0.1) is 0 Å². The Morgan fingerprint density at radius 1 is 1.13 bits per heavy atom. The lowest BCUT2D eigenvalue weighted by Crippen LogP contribution is -1.81. The van der Waals surface area contributed by atoms with Crippen molar-refractivity contribution in [3.63, 3.8) is 0 Å². The minimum absolute atomic E-state index is 0.265. The molecule has 0 N–H and O–H groups in total. The molecule has 2 heteroatoms. The molecule has 0 amide bonds. The van der Waals surface area contributed by atoms with Crippen molar-refractivity contribution in [2.75, 3.05) is 0 Å². The van der Waals surface area contributed by atoms with E-state index in [9.17, 15) is 4.79 Å². The number of thioether (sulfide) groups is 1. The average molecular weight is 218 g/mol. The summed E-state index contributed by atoms with van der Waals surface area (Å²) in [5.74, 6) is 0.265. The molecule has 78 valence electrons. The van der Waals surface area contributed by atoms with Crippen LogP contribution in [0.2, 0.25) is 0 Å². The van der Waals surface area contributed by atoms with Gasteiger partial charge in [-0.3, -0.25) is 4.79 Å². The molecular weight excluding hydrogens is 204 g/mol. The van der Waals surface area contributed by atoms with Crippen molar-refractivity contribution in [2.45, 2.75) is 31.6 Å². The third kappa shape index (κ3) is 2.51. The van der Waals surface area contributed by atoms with Crippen molar-refractivity contribution in [2.24, 2.45) is 0 Å². The molecule has 0 aromatic heterocycles. The minimum Gasteiger partial charge on any atom is -0.295 e. The predicted octanol–water partition coefficient (Wildman–Crippen LogP) is 3.64. The van der Waals surface area contributed by atoms with E-state index in [1.165, 1.54) is 20.9 Å². The summed E-state index contributed by atoms with van der Waals surface area (Å²) in [6.45, 7) is 4.23. The first-order valence-corrected chi connectivity index (χ1v) is 5.95. The van der Waals surface area contributed by atoms with Gasteiger partial charge in [-0.25, -0.2) is 0 Å². The van der Waals surface area contributed by atoms with E-state index in [1.807, 2.05) is 0 Å². The highest BCUT2D eigenvalue weighted by atomic mass is 32.2. The Hall–Kier alpha value is -1.02. The molecule has 0 atom stereocenters. The van der Waals surface area contributed by atoms with Crippen LogP contribution in [-0.2, 0) is 4.79 Å². The lowest BCUT2D eigenvalue weighted by Gasteiger charge is -2.04. The first-order valence-electron chi connectivity index (χ1n) is 5.13. The van der Waals surface area contributed by atoms with Gasteiger partial charge in [0.2, 0.25) is 0 Å². The fourth-order valence-electron chi connectivity index (χ4n) is 1.58. The van der Waals surface area contributed by atoms with Crippen molar-refractivity contribution >= 4 is 17.5 Å². The molecule has 1 aliphatic carbocycles. The van der Waals surface area contributed by atoms with Crippen LogP contribution in [0.25, 0.3) is 0 Å². The third-order valence-corrected chi connectivity index (χ3v) is 3.74. The molecule has 0 radical (unpaired) electrons. The van der Waals surface area contributed by atoms with E-state index in [4.69, 9.17) is 0 Å². The van der Waals surface area contributed by atoms with Crippen LogP contribution >= 0.6 is 11.8 Å². The van der Waals surface area contributed by atoms with Crippen molar-refractivity contribution < 1.29 is 4.79 Å². The summed E-state index contributed by atoms with van der Waals surface area (Å²) < 4.78 is 0. The molecular formula is C13H14OS. The number of benzene rings is 1. The molecule has 15 heavy (non-hydrogen) atoms. The Balaban J connectivity index is 2.14. The Bertz CT molecular complexity index is 432. The van der Waals surface area contributed by atoms with Crippen LogP contribution in [0, 0.1) is 13.8 Å². The van der Waals surface area contributed by atoms with E-state index in [-0.39, 0.29) is 5.78 Å². The van der Waals surface area contributed by atoms with Gasteiger partial charge in [-0.2, -0.15) is 0 Å². The van der Waals surface area contributed by atoms with Gasteiger partial charge < -0.3 is 0 Å². The van der Waals surface area contributed by atoms with E-state index >= 15 is 0 Å². The van der Waals surface area contributed by atoms with Gasteiger partial charge in [0.25, 0.3) is 0 Å². The standard InChI is InChI=1S/C13H14OS/c1-9-3-5-12(7-10(9)2)15-13-6-4-11(14)8-13/h3,5,7-8H,4,6H2,1-2H3. The Labute approximate surface area is 94.6 Å². The quantitative estimate of drug-likeness (QED) is 0.753. The summed E-state index contributed by atoms with van der Waals surface area (Å²) in [5, 5.41) is 0. The van der Waals surface area contributed by atoms with Crippen LogP contribution in [0.3, 0.4) is 0 Å². The average Bonchev–Trinajstić information content (AvgIpc) is 2.58. The molecule has 1 nitrogen and oxygen atoms in total. The number of allylic oxidation sites excluding steroid dienone is 2. The number of hydrogen-bond donors (Lipinski definition) is 0. The van der Waals surface area contributed by atoms with Gasteiger partial charge in [0.1, 0.15) is 0 Å². The molecule has 0 saturated carbocycles. The number of rotatable bonds is 2. The molecule has 0 spiro atoms. The van der Waals surface area contributed by atoms with Crippen molar-refractivity contribution in [1.29, 1.82) is 0 Å². The molecule has 2 rings (SSSR count). The highest BCUT2D eigenvalue weighted by Gasteiger charge is 2.12. The largest absolute Gasteiger partial charge is 0.295 e. The van der Waals surface area contributed by atoms with Crippen molar-refractivity contribution in [1.82, 2.24) is 0 Å². The Kier molecular flexibility index (Phi) is 2.96. The van der Waals surface area contributed by atoms with Gasteiger partial charge in [0.15, 0.2) is 5.78 Å². The van der Waals surface area contributed by atoms with Gasteiger partial charge in [0, 0.05) is 11.3 Å². The molecule has 0 saturated heterocycles. The fourth-order valence-corrected chi connectivity index (χ4v) is 2.65. The van der Waals surface area contributed by atoms with Crippen LogP contribution in [0.5, 0.6) is 0 Å². The molecule has 0 unspecified atom stereocenters. The maximum Gasteiger partial charge on any atom is 0.156 e. The van der Waals surface area contributed by atoms with Crippen molar-refractivity contribution in [3.05, 3.63) is 40.3 Å². The molecule has 0 heterocycles. The zero-order valence-electron chi connectivity index (χ0n) is 9.04. The second kappa shape index (κ2) is 4.23. The summed E-state index contributed by atoms with van der Waals surface area (Å²) >= 11 is 1.72. The summed E-state index contributed by atoms with van der Waals surface area (Å²) in [4.78, 5) is 13.5. The van der Waals surface area contributed by atoms with Gasteiger partial charge >= 0.3 is 0 Å². The number of ketones is 1. The van der Waals surface area contributed by atoms with E-state index < -0.39 is 0 Å². The number of carbonyl (C=O) groups excluding carboxylic acids is 1. The highest BCUT2D eigenvalue weighted by molar-refractivity contribution is 8.03. The SMILES string of the molecule is Cc1ccc(SC2=CC(=O)CC2)cc1C. The molecule has 0 aliphatic heterocycles. The summed E-state index contributed by atoms with van der Waals surface area (Å²) in [7, 11) is 0. The van der Waals surface area contributed by atoms with Crippen molar-refractivity contribution in [3.8, 4) is 0 Å². The summed E-state index contributed by atoms with van der Waals surface area (Å²) in [6.07, 6.45) is 3.38. The van der Waals surface area contributed by atoms with Gasteiger partial charge in [-0.05, 0) is 54.5 Å². The summed E-state index contributed by atoms with van der Waals surface area (Å²) in [5.41, 5.74) is 2.63. The zero-order chi connectivity index (χ0) is 10.8. The second-order valence-electron chi connectivity index (χ2n) is 3.93. The zero-order valence-corrected chi connectivity index (χ0v) is 9.86. The minimum atomic E-state index is 0.265. The maximum atomic E-state index is 11.1. The number of carbonyl (C=O) groups is 1. The molecule has 0 bridgehead atoms. The lowest BCUT2D eigenvalue weighted by atomic mass is 10.1. The van der Waals surface area contributed by atoms with Crippen LogP contribution in [0.15, 0.2) is 34.1 Å². The highest BCUT2D eigenvalue weighted by Crippen LogP contribution is 2.33. The Morgan fingerprint density at radius 3 is 2.53 bits per heavy atom. The van der Waals surface area contributed by atoms with Crippen LogP contribution in [0.4, 0.5) is 0 Å². The van der Waals surface area contributed by atoms with E-state index in [2.05, 4.69) is 32.0 Å². The number of aryl methyl sites for hydroxylation is 2.